The summed E-state index contributed by atoms with van der Waals surface area (Å²) in [7, 11) is 0. The van der Waals surface area contributed by atoms with Gasteiger partial charge in [-0.1, -0.05) is 43.5 Å². The molecule has 1 aromatic heterocycles. The van der Waals surface area contributed by atoms with E-state index < -0.39 is 0 Å². The van der Waals surface area contributed by atoms with E-state index in [4.69, 9.17) is 5.73 Å². The lowest BCUT2D eigenvalue weighted by molar-refractivity contribution is -0.122. The number of benzene rings is 1. The second-order valence-corrected chi connectivity index (χ2v) is 7.87. The van der Waals surface area contributed by atoms with Gasteiger partial charge in [0.1, 0.15) is 5.82 Å². The molecule has 2 fully saturated rings. The summed E-state index contributed by atoms with van der Waals surface area (Å²) < 4.78 is 13.4. The van der Waals surface area contributed by atoms with Crippen molar-refractivity contribution in [1.29, 1.82) is 0 Å². The summed E-state index contributed by atoms with van der Waals surface area (Å²) in [5.41, 5.74) is 8.23. The number of primary amides is 1. The summed E-state index contributed by atoms with van der Waals surface area (Å²) in [6.45, 7) is 0. The van der Waals surface area contributed by atoms with E-state index in [1.54, 1.807) is 12.3 Å². The van der Waals surface area contributed by atoms with Gasteiger partial charge in [0.05, 0.1) is 5.69 Å². The zero-order valence-electron chi connectivity index (χ0n) is 15.4. The van der Waals surface area contributed by atoms with Gasteiger partial charge in [-0.3, -0.25) is 9.78 Å². The lowest BCUT2D eigenvalue weighted by atomic mass is 9.77. The lowest BCUT2D eigenvalue weighted by Gasteiger charge is -2.28. The van der Waals surface area contributed by atoms with E-state index in [0.717, 1.165) is 23.2 Å². The summed E-state index contributed by atoms with van der Waals surface area (Å²) in [6, 6.07) is 10.4. The van der Waals surface area contributed by atoms with Crippen LogP contribution < -0.4 is 5.73 Å². The Morgan fingerprint density at radius 3 is 2.74 bits per heavy atom. The van der Waals surface area contributed by atoms with Crippen molar-refractivity contribution in [3.63, 3.8) is 0 Å². The van der Waals surface area contributed by atoms with Gasteiger partial charge in [-0.15, -0.1) is 0 Å². The Morgan fingerprint density at radius 1 is 1.15 bits per heavy atom. The van der Waals surface area contributed by atoms with Crippen molar-refractivity contribution in [3.05, 3.63) is 60.2 Å². The Kier molecular flexibility index (Phi) is 5.06. The largest absolute Gasteiger partial charge is 0.369 e. The maximum absolute atomic E-state index is 13.4. The first-order chi connectivity index (χ1) is 13.1. The van der Waals surface area contributed by atoms with Crippen LogP contribution in [0.15, 0.2) is 48.7 Å². The second-order valence-electron chi connectivity index (χ2n) is 7.87. The first kappa shape index (κ1) is 17.9. The fourth-order valence-corrected chi connectivity index (χ4v) is 4.95. The van der Waals surface area contributed by atoms with Crippen molar-refractivity contribution < 1.29 is 9.18 Å². The van der Waals surface area contributed by atoms with E-state index in [1.165, 1.54) is 37.8 Å². The number of pyridine rings is 1. The maximum Gasteiger partial charge on any atom is 0.221 e. The molecule has 1 heterocycles. The highest BCUT2D eigenvalue weighted by atomic mass is 19.1. The van der Waals surface area contributed by atoms with Gasteiger partial charge >= 0.3 is 0 Å². The molecule has 4 heteroatoms. The van der Waals surface area contributed by atoms with Crippen molar-refractivity contribution in [3.8, 4) is 11.1 Å². The van der Waals surface area contributed by atoms with E-state index in [1.807, 2.05) is 24.3 Å². The predicted molar refractivity (Wildman–Crippen MR) is 105 cm³/mol. The van der Waals surface area contributed by atoms with Gasteiger partial charge < -0.3 is 5.73 Å². The fraction of sp³-hybridized carbons (Fsp3) is 0.391. The van der Waals surface area contributed by atoms with Crippen LogP contribution in [0.25, 0.3) is 17.2 Å². The first-order valence-corrected chi connectivity index (χ1v) is 9.81. The summed E-state index contributed by atoms with van der Waals surface area (Å²) in [4.78, 5) is 16.4. The predicted octanol–water partition coefficient (Wildman–Crippen LogP) is 4.83. The van der Waals surface area contributed by atoms with Crippen LogP contribution in [0.1, 0.15) is 37.8 Å². The highest BCUT2D eigenvalue weighted by molar-refractivity contribution is 5.78. The fourth-order valence-electron chi connectivity index (χ4n) is 4.95. The topological polar surface area (TPSA) is 56.0 Å². The van der Waals surface area contributed by atoms with Crippen molar-refractivity contribution in [2.45, 2.75) is 32.1 Å². The summed E-state index contributed by atoms with van der Waals surface area (Å²) in [5, 5.41) is 0. The molecule has 0 aliphatic heterocycles. The minimum absolute atomic E-state index is 0.0547. The second kappa shape index (κ2) is 7.63. The molecule has 4 atom stereocenters. The van der Waals surface area contributed by atoms with Gasteiger partial charge in [0, 0.05) is 17.7 Å². The molecule has 0 radical (unpaired) electrons. The molecule has 2 aliphatic rings. The average Bonchev–Trinajstić information content (AvgIpc) is 3.06. The van der Waals surface area contributed by atoms with Crippen LogP contribution in [-0.2, 0) is 4.79 Å². The van der Waals surface area contributed by atoms with Gasteiger partial charge in [0.25, 0.3) is 0 Å². The van der Waals surface area contributed by atoms with Gasteiger partial charge in [-0.05, 0) is 60.4 Å². The zero-order valence-corrected chi connectivity index (χ0v) is 15.4. The maximum atomic E-state index is 13.4. The molecule has 2 saturated carbocycles. The number of halogens is 1. The van der Waals surface area contributed by atoms with Crippen LogP contribution in [0.4, 0.5) is 4.39 Å². The monoisotopic (exact) mass is 364 g/mol. The van der Waals surface area contributed by atoms with E-state index in [9.17, 15) is 9.18 Å². The number of carbonyl (C=O) groups excluding carboxylic acids is 1. The third kappa shape index (κ3) is 3.80. The van der Waals surface area contributed by atoms with E-state index in [-0.39, 0.29) is 23.6 Å². The Morgan fingerprint density at radius 2 is 2.00 bits per heavy atom. The molecule has 0 spiro atoms. The summed E-state index contributed by atoms with van der Waals surface area (Å²) in [5.74, 6) is 0.942. The molecule has 4 rings (SSSR count). The standard InChI is InChI=1S/C23H25FN2O/c24-18-6-3-5-15(12-18)17-8-9-19(26-14-17)10-11-21-20-7-2-1-4-16(20)13-22(21)23(25)27/h3,5-6,8-12,14,16,20-22H,1-2,4,7,13H2,(H2,25,27)/t16-,20-,21+,22+/m1/s1. The molecular formula is C23H25FN2O. The Labute approximate surface area is 159 Å². The molecule has 2 aliphatic carbocycles. The van der Waals surface area contributed by atoms with Crippen molar-refractivity contribution in [1.82, 2.24) is 4.98 Å². The quantitative estimate of drug-likeness (QED) is 0.845. The van der Waals surface area contributed by atoms with E-state index in [2.05, 4.69) is 11.1 Å². The van der Waals surface area contributed by atoms with Gasteiger partial charge in [-0.25, -0.2) is 4.39 Å². The molecule has 3 nitrogen and oxygen atoms in total. The molecule has 27 heavy (non-hydrogen) atoms. The SMILES string of the molecule is NC(=O)[C@H]1C[C@H]2CCCC[C@H]2[C@@H]1C=Cc1ccc(-c2cccc(F)c2)cn1. The van der Waals surface area contributed by atoms with Crippen LogP contribution in [-0.4, -0.2) is 10.9 Å². The highest BCUT2D eigenvalue weighted by Crippen LogP contribution is 2.49. The van der Waals surface area contributed by atoms with Crippen LogP contribution in [0, 0.1) is 29.5 Å². The molecular weight excluding hydrogens is 339 g/mol. The van der Waals surface area contributed by atoms with Gasteiger partial charge in [0.15, 0.2) is 0 Å². The summed E-state index contributed by atoms with van der Waals surface area (Å²) in [6.07, 6.45) is 11.8. The molecule has 140 valence electrons. The molecule has 1 aromatic carbocycles. The minimum atomic E-state index is -0.253. The Balaban J connectivity index is 1.52. The number of allylic oxidation sites excluding steroid dienone is 1. The third-order valence-electron chi connectivity index (χ3n) is 6.28. The lowest BCUT2D eigenvalue weighted by Crippen LogP contribution is -2.27. The van der Waals surface area contributed by atoms with Crippen LogP contribution in [0.2, 0.25) is 0 Å². The smallest absolute Gasteiger partial charge is 0.221 e. The number of nitrogens with zero attached hydrogens (tertiary/aromatic N) is 1. The molecule has 1 amide bonds. The first-order valence-electron chi connectivity index (χ1n) is 9.81. The normalized spacial score (nSPS) is 27.6. The number of hydrogen-bond acceptors (Lipinski definition) is 2. The average molecular weight is 364 g/mol. The number of hydrogen-bond donors (Lipinski definition) is 1. The molecule has 0 bridgehead atoms. The number of nitrogens with two attached hydrogens (primary N) is 1. The van der Waals surface area contributed by atoms with Crippen LogP contribution in [0.3, 0.4) is 0 Å². The van der Waals surface area contributed by atoms with E-state index in [0.29, 0.717) is 11.8 Å². The molecule has 2 aromatic rings. The summed E-state index contributed by atoms with van der Waals surface area (Å²) >= 11 is 0. The highest BCUT2D eigenvalue weighted by Gasteiger charge is 2.44. The van der Waals surface area contributed by atoms with Gasteiger partial charge in [-0.2, -0.15) is 0 Å². The van der Waals surface area contributed by atoms with E-state index >= 15 is 0 Å². The molecule has 0 saturated heterocycles. The molecule has 2 N–H and O–H groups in total. The van der Waals surface area contributed by atoms with Crippen molar-refractivity contribution in [2.75, 3.05) is 0 Å². The van der Waals surface area contributed by atoms with Crippen LogP contribution >= 0.6 is 0 Å². The Bertz CT molecular complexity index is 846. The third-order valence-corrected chi connectivity index (χ3v) is 6.28. The van der Waals surface area contributed by atoms with Gasteiger partial charge in [0.2, 0.25) is 5.91 Å². The molecule has 0 unspecified atom stereocenters. The van der Waals surface area contributed by atoms with Crippen molar-refractivity contribution >= 4 is 12.0 Å². The van der Waals surface area contributed by atoms with Crippen molar-refractivity contribution in [2.24, 2.45) is 29.4 Å². The van der Waals surface area contributed by atoms with Crippen LogP contribution in [0.5, 0.6) is 0 Å². The zero-order chi connectivity index (χ0) is 18.8. The minimum Gasteiger partial charge on any atom is -0.369 e. The Hall–Kier alpha value is -2.49. The number of carbonyl (C=O) groups is 1. The number of fused-ring (bicyclic) bond motifs is 1. The number of aromatic nitrogens is 1. The number of rotatable bonds is 4. The number of amides is 1.